The van der Waals surface area contributed by atoms with Gasteiger partial charge in [0, 0.05) is 0 Å². The van der Waals surface area contributed by atoms with E-state index in [4.69, 9.17) is 5.11 Å². The molecule has 0 aliphatic rings. The van der Waals surface area contributed by atoms with Gasteiger partial charge >= 0.3 is 6.16 Å². The summed E-state index contributed by atoms with van der Waals surface area (Å²) in [6, 6.07) is 1.67. The minimum absolute atomic E-state index is 0.316. The predicted molar refractivity (Wildman–Crippen MR) is 40.2 cm³/mol. The number of ether oxygens (including phenoxy) is 1. The number of hydrogen-bond acceptors (Lipinski definition) is 4. The Hall–Kier alpha value is -0.680. The predicted octanol–water partition coefficient (Wildman–Crippen LogP) is 2.09. The average Bonchev–Trinajstić information content (AvgIpc) is 2.15. The van der Waals surface area contributed by atoms with Gasteiger partial charge in [-0.3, -0.25) is 0 Å². The summed E-state index contributed by atoms with van der Waals surface area (Å²) in [5.74, 6) is 0. The smallest absolute Gasteiger partial charge is 0.449 e. The highest BCUT2D eigenvalue weighted by atomic mass is 32.1. The lowest BCUT2D eigenvalue weighted by molar-refractivity contribution is 0.145. The van der Waals surface area contributed by atoms with Gasteiger partial charge in [-0.15, -0.1) is 24.0 Å². The third kappa shape index (κ3) is 1.65. The van der Waals surface area contributed by atoms with Gasteiger partial charge in [0.1, 0.15) is 0 Å². The van der Waals surface area contributed by atoms with Crippen molar-refractivity contribution in [3.63, 3.8) is 0 Å². The van der Waals surface area contributed by atoms with E-state index >= 15 is 0 Å². The van der Waals surface area contributed by atoms with Gasteiger partial charge in [0.15, 0.2) is 0 Å². The molecule has 1 rings (SSSR count). The van der Waals surface area contributed by atoms with Crippen molar-refractivity contribution in [3.05, 3.63) is 11.4 Å². The Balaban J connectivity index is 2.74. The van der Waals surface area contributed by atoms with E-state index in [1.165, 1.54) is 11.3 Å². The van der Waals surface area contributed by atoms with Gasteiger partial charge in [-0.05, 0) is 11.4 Å². The van der Waals surface area contributed by atoms with Crippen molar-refractivity contribution in [1.29, 1.82) is 0 Å². The highest BCUT2D eigenvalue weighted by Gasteiger charge is 2.04. The molecule has 0 aliphatic carbocycles. The Morgan fingerprint density at radius 2 is 2.50 bits per heavy atom. The standard InChI is InChI=1S/C5H4O3S2/c6-5(7)8-4-3(9)1-2-10-4/h1-2,9H,(H,6,7). The molecule has 0 atom stereocenters. The molecule has 0 fully saturated rings. The first-order valence-electron chi connectivity index (χ1n) is 2.37. The van der Waals surface area contributed by atoms with Crippen LogP contribution in [0.3, 0.4) is 0 Å². The molecular weight excluding hydrogens is 172 g/mol. The SMILES string of the molecule is O=C(O)Oc1sccc1S. The van der Waals surface area contributed by atoms with Crippen LogP contribution < -0.4 is 4.74 Å². The highest BCUT2D eigenvalue weighted by molar-refractivity contribution is 7.80. The molecule has 0 spiro atoms. The van der Waals surface area contributed by atoms with E-state index in [0.29, 0.717) is 9.96 Å². The molecule has 1 heterocycles. The third-order valence-corrected chi connectivity index (χ3v) is 2.08. The Morgan fingerprint density at radius 3 is 2.90 bits per heavy atom. The molecule has 0 saturated heterocycles. The maximum absolute atomic E-state index is 9.97. The van der Waals surface area contributed by atoms with E-state index in [-0.39, 0.29) is 0 Å². The number of thiol groups is 1. The van der Waals surface area contributed by atoms with Crippen LogP contribution in [-0.2, 0) is 0 Å². The summed E-state index contributed by atoms with van der Waals surface area (Å²) in [5, 5.41) is 10.2. The summed E-state index contributed by atoms with van der Waals surface area (Å²) in [6.45, 7) is 0. The molecule has 1 N–H and O–H groups in total. The van der Waals surface area contributed by atoms with Crippen molar-refractivity contribution in [1.82, 2.24) is 0 Å². The Labute approximate surface area is 66.7 Å². The maximum Gasteiger partial charge on any atom is 0.512 e. The third-order valence-electron chi connectivity index (χ3n) is 0.790. The fourth-order valence-corrected chi connectivity index (χ4v) is 1.46. The van der Waals surface area contributed by atoms with E-state index in [9.17, 15) is 4.79 Å². The van der Waals surface area contributed by atoms with Crippen LogP contribution in [0.25, 0.3) is 0 Å². The van der Waals surface area contributed by atoms with E-state index < -0.39 is 6.16 Å². The lowest BCUT2D eigenvalue weighted by atomic mass is 10.6. The van der Waals surface area contributed by atoms with Crippen molar-refractivity contribution in [2.24, 2.45) is 0 Å². The van der Waals surface area contributed by atoms with Crippen molar-refractivity contribution in [2.75, 3.05) is 0 Å². The van der Waals surface area contributed by atoms with E-state index in [1.807, 2.05) is 0 Å². The summed E-state index contributed by atoms with van der Waals surface area (Å²) in [5.41, 5.74) is 0. The normalized spacial score (nSPS) is 9.30. The summed E-state index contributed by atoms with van der Waals surface area (Å²) in [7, 11) is 0. The average molecular weight is 176 g/mol. The zero-order valence-electron chi connectivity index (χ0n) is 4.77. The molecule has 1 aromatic rings. The Kier molecular flexibility index (Phi) is 2.18. The minimum Gasteiger partial charge on any atom is -0.449 e. The van der Waals surface area contributed by atoms with Crippen LogP contribution in [0.15, 0.2) is 16.3 Å². The molecule has 0 unspecified atom stereocenters. The molecule has 3 nitrogen and oxygen atoms in total. The first kappa shape index (κ1) is 7.43. The first-order chi connectivity index (χ1) is 4.70. The number of rotatable bonds is 1. The number of carbonyl (C=O) groups is 1. The molecule has 0 bridgehead atoms. The van der Waals surface area contributed by atoms with Crippen LogP contribution in [0, 0.1) is 0 Å². The van der Waals surface area contributed by atoms with Crippen LogP contribution in [0.5, 0.6) is 5.06 Å². The largest absolute Gasteiger partial charge is 0.512 e. The monoisotopic (exact) mass is 176 g/mol. The summed E-state index contributed by atoms with van der Waals surface area (Å²) in [4.78, 5) is 10.5. The van der Waals surface area contributed by atoms with Crippen LogP contribution >= 0.6 is 24.0 Å². The van der Waals surface area contributed by atoms with Crippen LogP contribution in [0.4, 0.5) is 4.79 Å². The van der Waals surface area contributed by atoms with Gasteiger partial charge in [-0.25, -0.2) is 4.79 Å². The summed E-state index contributed by atoms with van der Waals surface area (Å²) < 4.78 is 4.34. The number of hydrogen-bond donors (Lipinski definition) is 2. The van der Waals surface area contributed by atoms with Gasteiger partial charge in [0.2, 0.25) is 5.06 Å². The van der Waals surface area contributed by atoms with Crippen LogP contribution in [0.2, 0.25) is 0 Å². The van der Waals surface area contributed by atoms with Crippen molar-refractivity contribution >= 4 is 30.1 Å². The first-order valence-corrected chi connectivity index (χ1v) is 3.70. The highest BCUT2D eigenvalue weighted by Crippen LogP contribution is 2.28. The van der Waals surface area contributed by atoms with E-state index in [0.717, 1.165) is 0 Å². The topological polar surface area (TPSA) is 46.5 Å². The maximum atomic E-state index is 9.97. The van der Waals surface area contributed by atoms with Gasteiger partial charge < -0.3 is 9.84 Å². The summed E-state index contributed by atoms with van der Waals surface area (Å²) in [6.07, 6.45) is -1.31. The van der Waals surface area contributed by atoms with E-state index in [1.54, 1.807) is 11.4 Å². The second-order valence-corrected chi connectivity index (χ2v) is 2.82. The summed E-state index contributed by atoms with van der Waals surface area (Å²) >= 11 is 5.14. The molecule has 0 radical (unpaired) electrons. The zero-order valence-corrected chi connectivity index (χ0v) is 6.48. The van der Waals surface area contributed by atoms with Crippen LogP contribution in [0.1, 0.15) is 0 Å². The zero-order chi connectivity index (χ0) is 7.56. The van der Waals surface area contributed by atoms with Crippen molar-refractivity contribution in [3.8, 4) is 5.06 Å². The van der Waals surface area contributed by atoms with Gasteiger partial charge in [0.05, 0.1) is 4.90 Å². The molecule has 0 saturated carbocycles. The minimum atomic E-state index is -1.31. The molecule has 54 valence electrons. The van der Waals surface area contributed by atoms with E-state index in [2.05, 4.69) is 17.4 Å². The van der Waals surface area contributed by atoms with Crippen molar-refractivity contribution < 1.29 is 14.6 Å². The van der Waals surface area contributed by atoms with Crippen molar-refractivity contribution in [2.45, 2.75) is 4.90 Å². The Bertz CT molecular complexity index is 243. The van der Waals surface area contributed by atoms with Gasteiger partial charge in [-0.2, -0.15) is 0 Å². The number of carboxylic acid groups (broad SMARTS) is 1. The molecule has 0 amide bonds. The van der Waals surface area contributed by atoms with Gasteiger partial charge in [-0.1, -0.05) is 0 Å². The fraction of sp³-hybridized carbons (Fsp3) is 0. The van der Waals surface area contributed by atoms with Gasteiger partial charge in [0.25, 0.3) is 0 Å². The molecule has 10 heavy (non-hydrogen) atoms. The number of thiophene rings is 1. The fourth-order valence-electron chi connectivity index (χ4n) is 0.444. The molecule has 1 aromatic heterocycles. The molecule has 0 aliphatic heterocycles. The quantitative estimate of drug-likeness (QED) is 0.508. The van der Waals surface area contributed by atoms with Crippen LogP contribution in [-0.4, -0.2) is 11.3 Å². The Morgan fingerprint density at radius 1 is 1.80 bits per heavy atom. The molecule has 5 heteroatoms. The second-order valence-electron chi connectivity index (χ2n) is 1.46. The lowest BCUT2D eigenvalue weighted by Gasteiger charge is -1.93. The lowest BCUT2D eigenvalue weighted by Crippen LogP contribution is -2.01. The molecular formula is C5H4O3S2. The second kappa shape index (κ2) is 2.94. The molecule has 0 aromatic carbocycles.